The lowest BCUT2D eigenvalue weighted by Gasteiger charge is -2.29. The predicted octanol–water partition coefficient (Wildman–Crippen LogP) is 2.53. The Balaban J connectivity index is 2.87. The second kappa shape index (κ2) is 6.70. The van der Waals surface area contributed by atoms with E-state index in [0.29, 0.717) is 11.4 Å². The van der Waals surface area contributed by atoms with E-state index in [9.17, 15) is 8.42 Å². The number of sulfonamides is 1. The maximum atomic E-state index is 11.7. The van der Waals surface area contributed by atoms with Gasteiger partial charge >= 0.3 is 0 Å². The summed E-state index contributed by atoms with van der Waals surface area (Å²) in [5.41, 5.74) is 0.0906. The van der Waals surface area contributed by atoms with Crippen LogP contribution >= 0.6 is 11.6 Å². The molecule has 0 bridgehead atoms. The Morgan fingerprint density at radius 3 is 2.63 bits per heavy atom. The van der Waals surface area contributed by atoms with Gasteiger partial charge in [-0.05, 0) is 31.0 Å². The Kier molecular flexibility index (Phi) is 5.80. The van der Waals surface area contributed by atoms with E-state index in [1.165, 1.54) is 0 Å². The highest BCUT2D eigenvalue weighted by atomic mass is 35.5. The summed E-state index contributed by atoms with van der Waals surface area (Å²) >= 11 is 5.95. The van der Waals surface area contributed by atoms with Crippen LogP contribution in [0.4, 0.5) is 0 Å². The fraction of sp³-hybridized carbons (Fsp3) is 0.538. The number of hydrogen-bond donors (Lipinski definition) is 1. The van der Waals surface area contributed by atoms with E-state index in [1.807, 2.05) is 26.0 Å². The second-order valence-corrected chi connectivity index (χ2v) is 6.95. The lowest BCUT2D eigenvalue weighted by molar-refractivity contribution is 0.00699. The summed E-state index contributed by atoms with van der Waals surface area (Å²) in [5.74, 6) is 0.113. The molecular formula is C13H20ClNO3S. The second-order valence-electron chi connectivity index (χ2n) is 4.59. The minimum atomic E-state index is -3.26. The summed E-state index contributed by atoms with van der Waals surface area (Å²) in [6.07, 6.45) is 0.580. The average Bonchev–Trinajstić information content (AvgIpc) is 2.36. The molecule has 0 aromatic heterocycles. The van der Waals surface area contributed by atoms with Crippen LogP contribution in [-0.2, 0) is 20.4 Å². The molecule has 0 aliphatic carbocycles. The first-order chi connectivity index (χ1) is 8.83. The summed E-state index contributed by atoms with van der Waals surface area (Å²) in [6, 6.07) is 7.22. The van der Waals surface area contributed by atoms with Crippen LogP contribution in [0.3, 0.4) is 0 Å². The predicted molar refractivity (Wildman–Crippen MR) is 77.9 cm³/mol. The third kappa shape index (κ3) is 4.76. The van der Waals surface area contributed by atoms with E-state index >= 15 is 0 Å². The number of halogens is 1. The summed E-state index contributed by atoms with van der Waals surface area (Å²) in [4.78, 5) is 0. The van der Waals surface area contributed by atoms with Crippen LogP contribution in [-0.4, -0.2) is 27.8 Å². The molecule has 0 saturated heterocycles. The average molecular weight is 306 g/mol. The number of hydrogen-bond acceptors (Lipinski definition) is 3. The zero-order valence-electron chi connectivity index (χ0n) is 11.4. The summed E-state index contributed by atoms with van der Waals surface area (Å²) in [7, 11) is -1.71. The lowest BCUT2D eigenvalue weighted by atomic mass is 9.96. The van der Waals surface area contributed by atoms with Gasteiger partial charge in [0.25, 0.3) is 0 Å². The minimum Gasteiger partial charge on any atom is -0.372 e. The van der Waals surface area contributed by atoms with Crippen LogP contribution in [0, 0.1) is 0 Å². The number of rotatable bonds is 7. The summed E-state index contributed by atoms with van der Waals surface area (Å²) in [5, 5.41) is 0.595. The van der Waals surface area contributed by atoms with Crippen LogP contribution in [0.25, 0.3) is 0 Å². The van der Waals surface area contributed by atoms with Crippen molar-refractivity contribution in [3.63, 3.8) is 0 Å². The van der Waals surface area contributed by atoms with Gasteiger partial charge in [-0.1, -0.05) is 30.7 Å². The minimum absolute atomic E-state index is 0.113. The SMILES string of the molecule is CCCS(=O)(=O)NCC(C)(OC)c1cccc(Cl)c1. The van der Waals surface area contributed by atoms with E-state index in [4.69, 9.17) is 16.3 Å². The first-order valence-electron chi connectivity index (χ1n) is 6.11. The Morgan fingerprint density at radius 1 is 1.42 bits per heavy atom. The molecule has 1 aromatic rings. The molecule has 6 heteroatoms. The molecule has 1 unspecified atom stereocenters. The van der Waals surface area contributed by atoms with Crippen LogP contribution in [0.1, 0.15) is 25.8 Å². The molecule has 1 N–H and O–H groups in total. The van der Waals surface area contributed by atoms with Crippen molar-refractivity contribution in [1.82, 2.24) is 4.72 Å². The van der Waals surface area contributed by atoms with Gasteiger partial charge in [0.05, 0.1) is 5.75 Å². The topological polar surface area (TPSA) is 55.4 Å². The molecule has 1 atom stereocenters. The smallest absolute Gasteiger partial charge is 0.211 e. The molecule has 0 aliphatic rings. The molecule has 0 spiro atoms. The fourth-order valence-corrected chi connectivity index (χ4v) is 3.07. The number of ether oxygens (including phenoxy) is 1. The standard InChI is InChI=1S/C13H20ClNO3S/c1-4-8-19(16,17)15-10-13(2,18-3)11-6-5-7-12(14)9-11/h5-7,9,15H,4,8,10H2,1-3H3. The molecule has 0 saturated carbocycles. The van der Waals surface area contributed by atoms with Crippen molar-refractivity contribution < 1.29 is 13.2 Å². The molecule has 19 heavy (non-hydrogen) atoms. The van der Waals surface area contributed by atoms with Gasteiger partial charge < -0.3 is 4.74 Å². The Morgan fingerprint density at radius 2 is 2.11 bits per heavy atom. The highest BCUT2D eigenvalue weighted by Gasteiger charge is 2.28. The Bertz CT molecular complexity index is 518. The van der Waals surface area contributed by atoms with Crippen LogP contribution < -0.4 is 4.72 Å². The van der Waals surface area contributed by atoms with E-state index in [0.717, 1.165) is 5.56 Å². The third-order valence-electron chi connectivity index (χ3n) is 2.99. The van der Waals surface area contributed by atoms with Gasteiger partial charge in [-0.15, -0.1) is 0 Å². The number of nitrogens with one attached hydrogen (secondary N) is 1. The van der Waals surface area contributed by atoms with Crippen molar-refractivity contribution in [2.24, 2.45) is 0 Å². The Hall–Kier alpha value is -0.620. The molecule has 0 radical (unpaired) electrons. The van der Waals surface area contributed by atoms with Gasteiger partial charge in [0.2, 0.25) is 10.0 Å². The van der Waals surface area contributed by atoms with Crippen molar-refractivity contribution >= 4 is 21.6 Å². The Labute approximate surface area is 120 Å². The van der Waals surface area contributed by atoms with E-state index in [-0.39, 0.29) is 12.3 Å². The molecule has 1 aromatic carbocycles. The molecule has 0 fully saturated rings. The van der Waals surface area contributed by atoms with E-state index < -0.39 is 15.6 Å². The molecule has 4 nitrogen and oxygen atoms in total. The monoisotopic (exact) mass is 305 g/mol. The van der Waals surface area contributed by atoms with Crippen molar-refractivity contribution in [3.05, 3.63) is 34.9 Å². The number of benzene rings is 1. The van der Waals surface area contributed by atoms with Gasteiger partial charge in [0, 0.05) is 18.7 Å². The molecular weight excluding hydrogens is 286 g/mol. The zero-order chi connectivity index (χ0) is 14.5. The third-order valence-corrected chi connectivity index (χ3v) is 4.75. The van der Waals surface area contributed by atoms with E-state index in [2.05, 4.69) is 4.72 Å². The van der Waals surface area contributed by atoms with Gasteiger partial charge in [-0.25, -0.2) is 13.1 Å². The van der Waals surface area contributed by atoms with Crippen LogP contribution in [0.15, 0.2) is 24.3 Å². The summed E-state index contributed by atoms with van der Waals surface area (Å²) in [6.45, 7) is 3.82. The maximum absolute atomic E-state index is 11.7. The highest BCUT2D eigenvalue weighted by molar-refractivity contribution is 7.89. The highest BCUT2D eigenvalue weighted by Crippen LogP contribution is 2.26. The zero-order valence-corrected chi connectivity index (χ0v) is 13.0. The molecule has 108 valence electrons. The maximum Gasteiger partial charge on any atom is 0.211 e. The van der Waals surface area contributed by atoms with Crippen LogP contribution in [0.2, 0.25) is 5.02 Å². The lowest BCUT2D eigenvalue weighted by Crippen LogP contribution is -2.40. The van der Waals surface area contributed by atoms with Gasteiger partial charge in [-0.2, -0.15) is 0 Å². The molecule has 0 amide bonds. The van der Waals surface area contributed by atoms with Gasteiger partial charge in [-0.3, -0.25) is 0 Å². The van der Waals surface area contributed by atoms with Crippen molar-refractivity contribution in [3.8, 4) is 0 Å². The molecule has 1 rings (SSSR count). The fourth-order valence-electron chi connectivity index (χ4n) is 1.70. The quantitative estimate of drug-likeness (QED) is 0.842. The number of methoxy groups -OCH3 is 1. The van der Waals surface area contributed by atoms with Gasteiger partial charge in [0.15, 0.2) is 0 Å². The van der Waals surface area contributed by atoms with Gasteiger partial charge in [0.1, 0.15) is 5.60 Å². The molecule has 0 heterocycles. The van der Waals surface area contributed by atoms with Crippen molar-refractivity contribution in [2.75, 3.05) is 19.4 Å². The van der Waals surface area contributed by atoms with Crippen LogP contribution in [0.5, 0.6) is 0 Å². The first-order valence-corrected chi connectivity index (χ1v) is 8.14. The summed E-state index contributed by atoms with van der Waals surface area (Å²) < 4.78 is 31.4. The largest absolute Gasteiger partial charge is 0.372 e. The molecule has 0 aliphatic heterocycles. The van der Waals surface area contributed by atoms with E-state index in [1.54, 1.807) is 19.2 Å². The normalized spacial score (nSPS) is 15.2. The van der Waals surface area contributed by atoms with Crippen molar-refractivity contribution in [1.29, 1.82) is 0 Å². The van der Waals surface area contributed by atoms with Crippen molar-refractivity contribution in [2.45, 2.75) is 25.9 Å². The first kappa shape index (κ1) is 16.4.